The summed E-state index contributed by atoms with van der Waals surface area (Å²) in [6.07, 6.45) is 1.48. The van der Waals surface area contributed by atoms with Crippen LogP contribution in [0.4, 0.5) is 5.95 Å². The van der Waals surface area contributed by atoms with Gasteiger partial charge in [-0.25, -0.2) is 21.8 Å². The second-order valence-electron chi connectivity index (χ2n) is 18.4. The van der Waals surface area contributed by atoms with Crippen molar-refractivity contribution in [3.05, 3.63) is 29.3 Å². The zero-order valence-corrected chi connectivity index (χ0v) is 39.0. The van der Waals surface area contributed by atoms with Crippen LogP contribution in [0.25, 0.3) is 23.0 Å². The number of nitrogen functional groups attached to an aromatic ring is 1. The molecule has 0 saturated carbocycles. The van der Waals surface area contributed by atoms with Crippen LogP contribution in [-0.2, 0) is 70.1 Å². The fourth-order valence-electron chi connectivity index (χ4n) is 6.43. The number of rotatable bonds is 10. The average molecular weight is 894 g/mol. The molecule has 61 heavy (non-hydrogen) atoms. The molecule has 0 unspecified atom stereocenters. The van der Waals surface area contributed by atoms with Gasteiger partial charge in [0.1, 0.15) is 22.0 Å². The first kappa shape index (κ1) is 49.1. The predicted molar refractivity (Wildman–Crippen MR) is 229 cm³/mol. The maximum Gasteiger partial charge on any atom is 0.324 e. The van der Waals surface area contributed by atoms with Gasteiger partial charge < -0.3 is 20.3 Å². The molecule has 2 saturated heterocycles. The number of aromatic nitrogens is 10. The maximum atomic E-state index is 13.1. The second kappa shape index (κ2) is 18.4. The van der Waals surface area contributed by atoms with Crippen molar-refractivity contribution in [3.8, 4) is 23.0 Å². The Morgan fingerprint density at radius 2 is 1.16 bits per heavy atom. The van der Waals surface area contributed by atoms with E-state index in [2.05, 4.69) is 82.1 Å². The van der Waals surface area contributed by atoms with Crippen molar-refractivity contribution in [2.24, 2.45) is 14.1 Å². The lowest BCUT2D eigenvalue weighted by Gasteiger charge is -2.31. The van der Waals surface area contributed by atoms with E-state index in [-0.39, 0.29) is 23.2 Å². The standard InChI is InChI=1S/C20H31N5O4S.C10H16N6.C9H16O5S/c1-19(2,3)15-11-14(25(6)24-15)18-21-17(22-23-18)12-16(26)20(4,5)30(27,28)13-7-9-29-10-8-13;1-10(2,3)7-5-6(16(4)15-7)8-12-9(11)14-13-8;1-9(2,8(10)11)15(12,13)7-3-5-14-6-4-7/h11,13H,7-10,12H2,1-6H3,(H,21,22,23);5H,1-4H3,(H3,11,12,13,14);7H,3-6H2,1-2H3,(H,10,11). The van der Waals surface area contributed by atoms with Crippen LogP contribution in [-0.4, -0.2) is 130 Å². The Kier molecular flexibility index (Phi) is 14.8. The molecule has 5 N–H and O–H groups in total. The molecular formula is C39H63N11O9S2. The van der Waals surface area contributed by atoms with Gasteiger partial charge in [-0.3, -0.25) is 29.2 Å². The Labute approximate surface area is 358 Å². The van der Waals surface area contributed by atoms with E-state index in [9.17, 15) is 26.4 Å². The molecule has 0 bridgehead atoms. The number of nitrogens with zero attached hydrogens (tertiary/aromatic N) is 8. The third-order valence-electron chi connectivity index (χ3n) is 11.0. The number of aliphatic carboxylic acids is 1. The topological polar surface area (TPSA) is 286 Å². The number of aryl methyl sites for hydroxylation is 2. The van der Waals surface area contributed by atoms with E-state index in [4.69, 9.17) is 20.3 Å². The van der Waals surface area contributed by atoms with Crippen LogP contribution in [0, 0.1) is 0 Å². The van der Waals surface area contributed by atoms with Gasteiger partial charge in [0.2, 0.25) is 5.95 Å². The molecule has 4 aromatic heterocycles. The molecule has 22 heteroatoms. The molecule has 340 valence electrons. The number of carbonyl (C=O) groups excluding carboxylic acids is 1. The number of anilines is 1. The van der Waals surface area contributed by atoms with Crippen molar-refractivity contribution in [1.29, 1.82) is 0 Å². The van der Waals surface area contributed by atoms with Crippen molar-refractivity contribution in [2.45, 2.75) is 132 Å². The number of carboxylic acids is 1. The molecule has 0 aliphatic carbocycles. The number of carbonyl (C=O) groups is 2. The van der Waals surface area contributed by atoms with Gasteiger partial charge in [-0.15, -0.1) is 5.10 Å². The van der Waals surface area contributed by atoms with E-state index in [1.54, 1.807) is 9.36 Å². The van der Waals surface area contributed by atoms with E-state index < -0.39 is 51.4 Å². The molecule has 6 heterocycles. The van der Waals surface area contributed by atoms with Gasteiger partial charge in [0.15, 0.2) is 41.9 Å². The number of Topliss-reactive ketones (excluding diaryl/α,β-unsaturated/α-hetero) is 1. The van der Waals surface area contributed by atoms with E-state index in [0.717, 1.165) is 22.8 Å². The summed E-state index contributed by atoms with van der Waals surface area (Å²) in [4.78, 5) is 32.4. The Morgan fingerprint density at radius 1 is 0.721 bits per heavy atom. The number of H-pyrrole nitrogens is 2. The third kappa shape index (κ3) is 11.1. The van der Waals surface area contributed by atoms with Crippen LogP contribution in [0.2, 0.25) is 0 Å². The molecule has 4 aromatic rings. The predicted octanol–water partition coefficient (Wildman–Crippen LogP) is 3.52. The number of carboxylic acid groups (broad SMARTS) is 1. The Morgan fingerprint density at radius 3 is 1.57 bits per heavy atom. The minimum Gasteiger partial charge on any atom is -0.480 e. The Hall–Kier alpha value is -4.54. The number of ether oxygens (including phenoxy) is 2. The van der Waals surface area contributed by atoms with Crippen LogP contribution in [0.3, 0.4) is 0 Å². The van der Waals surface area contributed by atoms with E-state index in [1.807, 2.05) is 26.2 Å². The molecule has 6 rings (SSSR count). The lowest BCUT2D eigenvalue weighted by atomic mass is 9.92. The molecule has 0 atom stereocenters. The zero-order chi connectivity index (χ0) is 45.9. The van der Waals surface area contributed by atoms with E-state index in [1.165, 1.54) is 27.7 Å². The molecule has 2 aliphatic rings. The summed E-state index contributed by atoms with van der Waals surface area (Å²) in [7, 11) is -3.60. The molecule has 0 amide bonds. The minimum absolute atomic E-state index is 0.0155. The van der Waals surface area contributed by atoms with Crippen molar-refractivity contribution in [3.63, 3.8) is 0 Å². The fourth-order valence-corrected chi connectivity index (χ4v) is 10.4. The molecule has 2 aliphatic heterocycles. The number of hydrogen-bond acceptors (Lipinski definition) is 15. The molecule has 0 radical (unpaired) electrons. The van der Waals surface area contributed by atoms with Gasteiger partial charge in [-0.1, -0.05) is 41.5 Å². The van der Waals surface area contributed by atoms with Crippen molar-refractivity contribution in [2.75, 3.05) is 32.2 Å². The monoisotopic (exact) mass is 893 g/mol. The smallest absolute Gasteiger partial charge is 0.324 e. The first-order valence-electron chi connectivity index (χ1n) is 20.1. The van der Waals surface area contributed by atoms with Gasteiger partial charge in [0.25, 0.3) is 0 Å². The van der Waals surface area contributed by atoms with Crippen molar-refractivity contribution in [1.82, 2.24) is 49.9 Å². The Balaban J connectivity index is 0.000000222. The molecule has 2 fully saturated rings. The zero-order valence-electron chi connectivity index (χ0n) is 37.4. The summed E-state index contributed by atoms with van der Waals surface area (Å²) in [5.74, 6) is -0.0558. The summed E-state index contributed by atoms with van der Waals surface area (Å²) in [6, 6.07) is 3.92. The van der Waals surface area contributed by atoms with Gasteiger partial charge >= 0.3 is 5.97 Å². The van der Waals surface area contributed by atoms with Crippen LogP contribution in [0.5, 0.6) is 0 Å². The van der Waals surface area contributed by atoms with E-state index >= 15 is 0 Å². The van der Waals surface area contributed by atoms with Crippen molar-refractivity contribution < 1.29 is 41.0 Å². The lowest BCUT2D eigenvalue weighted by molar-refractivity contribution is -0.139. The summed E-state index contributed by atoms with van der Waals surface area (Å²) in [5.41, 5.74) is 8.91. The number of ketones is 1. The highest BCUT2D eigenvalue weighted by molar-refractivity contribution is 7.94. The highest BCUT2D eigenvalue weighted by Crippen LogP contribution is 2.31. The van der Waals surface area contributed by atoms with Crippen molar-refractivity contribution >= 4 is 37.4 Å². The van der Waals surface area contributed by atoms with Crippen LogP contribution >= 0.6 is 0 Å². The van der Waals surface area contributed by atoms with Gasteiger partial charge in [0.05, 0.1) is 28.3 Å². The SMILES string of the molecule is CC(C)(C(=O)O)S(=O)(=O)C1CCOCC1.Cn1nc(C(C)(C)C)cc1-c1n[nH]c(CC(=O)C(C)(C)S(=O)(=O)C2CCOCC2)n1.Cn1nc(C(C)(C)C)cc1-c1nc(N)n[nH]1. The number of hydrogen-bond donors (Lipinski definition) is 4. The molecule has 20 nitrogen and oxygen atoms in total. The molecule has 0 spiro atoms. The van der Waals surface area contributed by atoms with Gasteiger partial charge in [-0.2, -0.15) is 20.3 Å². The van der Waals surface area contributed by atoms with Gasteiger partial charge in [0, 0.05) is 51.4 Å². The number of nitrogens with two attached hydrogens (primary N) is 1. The molecule has 0 aromatic carbocycles. The number of sulfone groups is 2. The first-order chi connectivity index (χ1) is 28.0. The van der Waals surface area contributed by atoms with Gasteiger partial charge in [-0.05, 0) is 65.5 Å². The average Bonchev–Trinajstić information content (AvgIpc) is 3.99. The quantitative estimate of drug-likeness (QED) is 0.177. The number of aromatic amines is 2. The first-order valence-corrected chi connectivity index (χ1v) is 23.2. The summed E-state index contributed by atoms with van der Waals surface area (Å²) < 4.78 is 60.7. The summed E-state index contributed by atoms with van der Waals surface area (Å²) in [5, 5.41) is 30.3. The van der Waals surface area contributed by atoms with Crippen LogP contribution < -0.4 is 5.73 Å². The largest absolute Gasteiger partial charge is 0.480 e. The maximum absolute atomic E-state index is 13.1. The highest BCUT2D eigenvalue weighted by atomic mass is 32.2. The fraction of sp³-hybridized carbons (Fsp3) is 0.692. The number of nitrogens with one attached hydrogen (secondary N) is 2. The Bertz CT molecular complexity index is 2370. The minimum atomic E-state index is -3.65. The van der Waals surface area contributed by atoms with Crippen LogP contribution in [0.1, 0.15) is 112 Å². The normalized spacial score (nSPS) is 16.3. The third-order valence-corrected chi connectivity index (χ3v) is 16.9. The molecular weight excluding hydrogens is 831 g/mol. The second-order valence-corrected chi connectivity index (χ2v) is 23.9. The lowest BCUT2D eigenvalue weighted by Crippen LogP contribution is -2.48. The van der Waals surface area contributed by atoms with E-state index in [0.29, 0.717) is 69.6 Å². The summed E-state index contributed by atoms with van der Waals surface area (Å²) >= 11 is 0. The van der Waals surface area contributed by atoms with Crippen LogP contribution in [0.15, 0.2) is 12.1 Å². The highest BCUT2D eigenvalue weighted by Gasteiger charge is 2.47. The summed E-state index contributed by atoms with van der Waals surface area (Å²) in [6.45, 7) is 19.6.